The number of nitrogens with zero attached hydrogens (tertiary/aromatic N) is 1. The number of nitrogens with one attached hydrogen (secondary N) is 1. The molecular weight excluding hydrogens is 284 g/mol. The third-order valence-corrected chi connectivity index (χ3v) is 5.45. The molecule has 1 N–H and O–H groups in total. The molecule has 1 amide bonds. The Morgan fingerprint density at radius 2 is 2.29 bits per heavy atom. The van der Waals surface area contributed by atoms with Gasteiger partial charge in [-0.25, -0.2) is 0 Å². The normalized spacial score (nSPS) is 18.3. The van der Waals surface area contributed by atoms with Gasteiger partial charge in [0.05, 0.1) is 4.88 Å². The van der Waals surface area contributed by atoms with Gasteiger partial charge in [-0.2, -0.15) is 0 Å². The first-order valence-corrected chi connectivity index (χ1v) is 8.08. The van der Waals surface area contributed by atoms with Crippen molar-refractivity contribution in [2.24, 2.45) is 11.3 Å². The molecule has 4 nitrogen and oxygen atoms in total. The number of aryl methyl sites for hydroxylation is 1. The van der Waals surface area contributed by atoms with Crippen molar-refractivity contribution in [1.82, 2.24) is 5.16 Å². The summed E-state index contributed by atoms with van der Waals surface area (Å²) < 4.78 is 4.72. The van der Waals surface area contributed by atoms with Gasteiger partial charge < -0.3 is 9.84 Å². The molecule has 3 rings (SSSR count). The van der Waals surface area contributed by atoms with Gasteiger partial charge in [0.25, 0.3) is 5.91 Å². The molecule has 1 atom stereocenters. The van der Waals surface area contributed by atoms with Crippen LogP contribution >= 0.6 is 11.3 Å². The fraction of sp³-hybridized carbons (Fsp3) is 0.500. The van der Waals surface area contributed by atoms with Crippen LogP contribution in [-0.4, -0.2) is 11.1 Å². The maximum Gasteiger partial charge on any atom is 0.266 e. The van der Waals surface area contributed by atoms with Crippen molar-refractivity contribution in [3.63, 3.8) is 0 Å². The summed E-state index contributed by atoms with van der Waals surface area (Å²) in [6, 6.07) is 3.69. The minimum Gasteiger partial charge on any atom is -0.363 e. The van der Waals surface area contributed by atoms with Gasteiger partial charge in [-0.1, -0.05) is 25.9 Å². The molecule has 1 aliphatic rings. The molecule has 0 spiro atoms. The van der Waals surface area contributed by atoms with E-state index in [2.05, 4.69) is 31.2 Å². The highest BCUT2D eigenvalue weighted by molar-refractivity contribution is 7.14. The molecule has 112 valence electrons. The highest BCUT2D eigenvalue weighted by atomic mass is 32.1. The van der Waals surface area contributed by atoms with Crippen LogP contribution in [0, 0.1) is 11.3 Å². The van der Waals surface area contributed by atoms with Gasteiger partial charge in [0, 0.05) is 10.9 Å². The Morgan fingerprint density at radius 3 is 2.95 bits per heavy atom. The van der Waals surface area contributed by atoms with Crippen LogP contribution in [-0.2, 0) is 12.8 Å². The zero-order valence-electron chi connectivity index (χ0n) is 12.6. The SMILES string of the molecule is CC(C)(C)[C@H]1CCc2sc(C(=O)Nc3ccon3)cc2C1. The molecule has 0 saturated heterocycles. The summed E-state index contributed by atoms with van der Waals surface area (Å²) >= 11 is 1.61. The topological polar surface area (TPSA) is 55.1 Å². The van der Waals surface area contributed by atoms with Crippen LogP contribution < -0.4 is 5.32 Å². The first-order chi connectivity index (χ1) is 9.93. The van der Waals surface area contributed by atoms with Gasteiger partial charge in [0.15, 0.2) is 5.82 Å². The minimum atomic E-state index is -0.101. The van der Waals surface area contributed by atoms with Crippen LogP contribution in [0.15, 0.2) is 22.9 Å². The van der Waals surface area contributed by atoms with Gasteiger partial charge in [0.2, 0.25) is 0 Å². The fourth-order valence-electron chi connectivity index (χ4n) is 2.83. The Balaban J connectivity index is 1.76. The van der Waals surface area contributed by atoms with Crippen molar-refractivity contribution in [2.45, 2.75) is 40.0 Å². The van der Waals surface area contributed by atoms with Crippen molar-refractivity contribution >= 4 is 23.1 Å². The molecule has 5 heteroatoms. The second-order valence-corrected chi connectivity index (χ2v) is 7.84. The fourth-order valence-corrected chi connectivity index (χ4v) is 3.93. The number of anilines is 1. The summed E-state index contributed by atoms with van der Waals surface area (Å²) in [6.45, 7) is 6.90. The summed E-state index contributed by atoms with van der Waals surface area (Å²) in [5, 5.41) is 6.46. The van der Waals surface area contributed by atoms with E-state index in [4.69, 9.17) is 4.52 Å². The quantitative estimate of drug-likeness (QED) is 0.907. The number of rotatable bonds is 2. The van der Waals surface area contributed by atoms with E-state index >= 15 is 0 Å². The van der Waals surface area contributed by atoms with E-state index in [9.17, 15) is 4.79 Å². The zero-order valence-corrected chi connectivity index (χ0v) is 13.4. The molecule has 0 aliphatic heterocycles. The minimum absolute atomic E-state index is 0.101. The third-order valence-electron chi connectivity index (χ3n) is 4.21. The van der Waals surface area contributed by atoms with Crippen molar-refractivity contribution < 1.29 is 9.32 Å². The number of carbonyl (C=O) groups excluding carboxylic acids is 1. The average molecular weight is 304 g/mol. The summed E-state index contributed by atoms with van der Waals surface area (Å²) in [6.07, 6.45) is 4.82. The van der Waals surface area contributed by atoms with Crippen LogP contribution in [0.2, 0.25) is 0 Å². The number of hydrogen-bond acceptors (Lipinski definition) is 4. The second-order valence-electron chi connectivity index (χ2n) is 6.70. The third kappa shape index (κ3) is 3.02. The van der Waals surface area contributed by atoms with Gasteiger partial charge in [-0.3, -0.25) is 4.79 Å². The smallest absolute Gasteiger partial charge is 0.266 e. The van der Waals surface area contributed by atoms with E-state index < -0.39 is 0 Å². The lowest BCUT2D eigenvalue weighted by Crippen LogP contribution is -2.26. The molecule has 0 saturated carbocycles. The maximum atomic E-state index is 12.2. The molecule has 2 heterocycles. The lowest BCUT2D eigenvalue weighted by molar-refractivity contribution is 0.102. The number of carbonyl (C=O) groups is 1. The van der Waals surface area contributed by atoms with Crippen LogP contribution in [0.3, 0.4) is 0 Å². The molecule has 0 unspecified atom stereocenters. The predicted molar refractivity (Wildman–Crippen MR) is 83.7 cm³/mol. The van der Waals surface area contributed by atoms with Crippen LogP contribution in [0.4, 0.5) is 5.82 Å². The molecular formula is C16H20N2O2S. The Kier molecular flexibility index (Phi) is 3.61. The number of amides is 1. The van der Waals surface area contributed by atoms with E-state index in [-0.39, 0.29) is 5.91 Å². The van der Waals surface area contributed by atoms with Gasteiger partial charge in [-0.15, -0.1) is 11.3 Å². The van der Waals surface area contributed by atoms with E-state index in [1.807, 2.05) is 6.07 Å². The number of aromatic nitrogens is 1. The summed E-state index contributed by atoms with van der Waals surface area (Å²) in [5.41, 5.74) is 1.67. The highest BCUT2D eigenvalue weighted by Gasteiger charge is 2.30. The maximum absolute atomic E-state index is 12.2. The van der Waals surface area contributed by atoms with Gasteiger partial charge in [-0.05, 0) is 42.2 Å². The van der Waals surface area contributed by atoms with Crippen molar-refractivity contribution in [1.29, 1.82) is 0 Å². The number of thiophene rings is 1. The average Bonchev–Trinajstić information content (AvgIpc) is 3.04. The molecule has 0 bridgehead atoms. The van der Waals surface area contributed by atoms with Crippen LogP contribution in [0.1, 0.15) is 47.3 Å². The monoisotopic (exact) mass is 304 g/mol. The molecule has 2 aromatic heterocycles. The second kappa shape index (κ2) is 5.30. The standard InChI is InChI=1S/C16H20N2O2S/c1-16(2,3)11-4-5-12-10(8-11)9-13(21-12)15(19)17-14-6-7-20-18-14/h6-7,9,11H,4-5,8H2,1-3H3,(H,17,18,19)/t11-/m0/s1. The Bertz CT molecular complexity index is 638. The Morgan fingerprint density at radius 1 is 1.48 bits per heavy atom. The summed E-state index contributed by atoms with van der Waals surface area (Å²) in [5.74, 6) is 1.04. The van der Waals surface area contributed by atoms with Crippen LogP contribution in [0.5, 0.6) is 0 Å². The largest absolute Gasteiger partial charge is 0.363 e. The van der Waals surface area contributed by atoms with E-state index in [1.54, 1.807) is 17.4 Å². The Labute approximate surface area is 128 Å². The zero-order chi connectivity index (χ0) is 15.0. The number of fused-ring (bicyclic) bond motifs is 1. The molecule has 0 aromatic carbocycles. The highest BCUT2D eigenvalue weighted by Crippen LogP contribution is 2.40. The summed E-state index contributed by atoms with van der Waals surface area (Å²) in [4.78, 5) is 14.3. The van der Waals surface area contributed by atoms with Crippen LogP contribution in [0.25, 0.3) is 0 Å². The predicted octanol–water partition coefficient (Wildman–Crippen LogP) is 4.14. The first-order valence-electron chi connectivity index (χ1n) is 7.27. The molecule has 2 aromatic rings. The van der Waals surface area contributed by atoms with E-state index in [0.29, 0.717) is 17.2 Å². The van der Waals surface area contributed by atoms with E-state index in [1.165, 1.54) is 23.1 Å². The van der Waals surface area contributed by atoms with Crippen molar-refractivity contribution in [2.75, 3.05) is 5.32 Å². The summed E-state index contributed by atoms with van der Waals surface area (Å²) in [7, 11) is 0. The molecule has 21 heavy (non-hydrogen) atoms. The molecule has 1 aliphatic carbocycles. The lowest BCUT2D eigenvalue weighted by Gasteiger charge is -2.33. The first kappa shape index (κ1) is 14.3. The molecule has 0 fully saturated rings. The van der Waals surface area contributed by atoms with Gasteiger partial charge in [0.1, 0.15) is 6.26 Å². The molecule has 0 radical (unpaired) electrons. The van der Waals surface area contributed by atoms with E-state index in [0.717, 1.165) is 17.7 Å². The number of hydrogen-bond donors (Lipinski definition) is 1. The van der Waals surface area contributed by atoms with Crippen molar-refractivity contribution in [3.8, 4) is 0 Å². The van der Waals surface area contributed by atoms with Gasteiger partial charge >= 0.3 is 0 Å². The Hall–Kier alpha value is -1.62. The lowest BCUT2D eigenvalue weighted by atomic mass is 9.72. The van der Waals surface area contributed by atoms with Crippen molar-refractivity contribution in [3.05, 3.63) is 33.7 Å².